The van der Waals surface area contributed by atoms with Crippen LogP contribution in [0.25, 0.3) is 0 Å². The van der Waals surface area contributed by atoms with Crippen LogP contribution in [0.1, 0.15) is 0 Å². The molecule has 0 N–H and O–H groups in total. The fourth-order valence-corrected chi connectivity index (χ4v) is 0. The fraction of sp³-hybridized carbons (Fsp3) is 0. The van der Waals surface area contributed by atoms with E-state index in [9.17, 15) is 0 Å². The number of halogens is 3. The van der Waals surface area contributed by atoms with E-state index in [0.717, 1.165) is 0 Å². The summed E-state index contributed by atoms with van der Waals surface area (Å²) in [5, 5.41) is 0. The van der Waals surface area contributed by atoms with Crippen LogP contribution in [0.15, 0.2) is 0 Å². The van der Waals surface area contributed by atoms with Gasteiger partial charge < -0.3 is 14.0 Å². The van der Waals surface area contributed by atoms with Crippen LogP contribution < -0.4 is 43.5 Å². The second-order valence-electron chi connectivity index (χ2n) is 0. The second kappa shape index (κ2) is 102. The normalized spacial score (nSPS) is 2.25. The SMILES string of the molecule is [Na+].[O-]Cl.[O-]Cl.[O-]Cl.[Pb+2]. The summed E-state index contributed by atoms with van der Waals surface area (Å²) in [6, 6.07) is 0. The van der Waals surface area contributed by atoms with Gasteiger partial charge in [-0.1, -0.05) is 0 Å². The summed E-state index contributed by atoms with van der Waals surface area (Å²) in [6.07, 6.45) is 0. The van der Waals surface area contributed by atoms with Gasteiger partial charge in [-0.3, -0.25) is 0 Å². The topological polar surface area (TPSA) is 69.2 Å². The minimum Gasteiger partial charge on any atom is -0.769 e. The van der Waals surface area contributed by atoms with E-state index >= 15 is 0 Å². The zero-order valence-electron chi connectivity index (χ0n) is 3.86. The summed E-state index contributed by atoms with van der Waals surface area (Å²) in [5.41, 5.74) is 0. The zero-order chi connectivity index (χ0) is 6.00. The number of hydrogen-bond donors (Lipinski definition) is 0. The van der Waals surface area contributed by atoms with Crippen molar-refractivity contribution in [1.82, 2.24) is 0 Å². The van der Waals surface area contributed by atoms with Crippen LogP contribution in [0.2, 0.25) is 0 Å². The van der Waals surface area contributed by atoms with Crippen LogP contribution in [0.4, 0.5) is 0 Å². The Balaban J connectivity index is -0.00000000500. The summed E-state index contributed by atoms with van der Waals surface area (Å²) < 4.78 is 23.2. The number of rotatable bonds is 0. The van der Waals surface area contributed by atoms with Gasteiger partial charge in [-0.05, 0) is 0 Å². The van der Waals surface area contributed by atoms with Crippen molar-refractivity contribution >= 4 is 62.9 Å². The van der Waals surface area contributed by atoms with Crippen molar-refractivity contribution in [2.75, 3.05) is 0 Å². The molecule has 0 aromatic carbocycles. The molecule has 0 aromatic rings. The van der Waals surface area contributed by atoms with Crippen LogP contribution in [-0.4, -0.2) is 27.3 Å². The zero-order valence-corrected chi connectivity index (χ0v) is 12.0. The first-order valence-corrected chi connectivity index (χ1v) is 1.39. The Morgan fingerprint density at radius 2 is 0.625 bits per heavy atom. The van der Waals surface area contributed by atoms with Gasteiger partial charge in [-0.25, -0.2) is 35.6 Å². The van der Waals surface area contributed by atoms with Crippen molar-refractivity contribution in [1.29, 1.82) is 0 Å². The first kappa shape index (κ1) is 31.0. The summed E-state index contributed by atoms with van der Waals surface area (Å²) in [7, 11) is 0. The molecule has 0 aliphatic heterocycles. The van der Waals surface area contributed by atoms with Gasteiger partial charge in [-0.15, -0.1) is 0 Å². The molecule has 0 rings (SSSR count). The molecule has 8 heteroatoms. The van der Waals surface area contributed by atoms with Gasteiger partial charge in [0.05, 0.1) is 0 Å². The average molecular weight is 385 g/mol. The fourth-order valence-electron chi connectivity index (χ4n) is 0. The van der Waals surface area contributed by atoms with E-state index in [1.807, 2.05) is 0 Å². The van der Waals surface area contributed by atoms with Crippen LogP contribution >= 0.6 is 35.6 Å². The predicted octanol–water partition coefficient (Wildman–Crippen LogP) is -4.88. The Hall–Kier alpha value is 2.67. The van der Waals surface area contributed by atoms with Crippen molar-refractivity contribution in [3.8, 4) is 0 Å². The van der Waals surface area contributed by atoms with E-state index < -0.39 is 0 Å². The van der Waals surface area contributed by atoms with Gasteiger partial charge >= 0.3 is 56.9 Å². The molecule has 0 heterocycles. The van der Waals surface area contributed by atoms with Crippen LogP contribution in [-0.2, 0) is 0 Å². The molecule has 0 saturated heterocycles. The Labute approximate surface area is 105 Å². The van der Waals surface area contributed by atoms with E-state index in [0.29, 0.717) is 0 Å². The molecule has 2 radical (unpaired) electrons. The maximum Gasteiger partial charge on any atom is 2.00 e. The third-order valence-corrected chi connectivity index (χ3v) is 0. The van der Waals surface area contributed by atoms with Crippen LogP contribution in [0.3, 0.4) is 0 Å². The monoisotopic (exact) mass is 384 g/mol. The molecule has 0 atom stereocenters. The van der Waals surface area contributed by atoms with Crippen molar-refractivity contribution < 1.29 is 43.5 Å². The Morgan fingerprint density at radius 3 is 0.625 bits per heavy atom. The van der Waals surface area contributed by atoms with Gasteiger partial charge in [0.2, 0.25) is 0 Å². The van der Waals surface area contributed by atoms with E-state index in [1.54, 1.807) is 0 Å². The molecule has 8 heavy (non-hydrogen) atoms. The molecule has 0 aliphatic carbocycles. The van der Waals surface area contributed by atoms with E-state index in [-0.39, 0.29) is 56.9 Å². The molecular formula is Cl3NaO3Pb. The van der Waals surface area contributed by atoms with Gasteiger partial charge in [0.1, 0.15) is 0 Å². The quantitative estimate of drug-likeness (QED) is 0.393. The van der Waals surface area contributed by atoms with Gasteiger partial charge in [0, 0.05) is 0 Å². The van der Waals surface area contributed by atoms with Gasteiger partial charge in [0.25, 0.3) is 0 Å². The van der Waals surface area contributed by atoms with Crippen LogP contribution in [0.5, 0.6) is 0 Å². The minimum absolute atomic E-state index is 0. The number of hydrogen-bond acceptors (Lipinski definition) is 3. The molecule has 0 amide bonds. The molecule has 0 aromatic heterocycles. The average Bonchev–Trinajstić information content (AvgIpc) is 1.81. The summed E-state index contributed by atoms with van der Waals surface area (Å²) >= 11 is 10.2. The molecule has 0 unspecified atom stereocenters. The smallest absolute Gasteiger partial charge is 0.769 e. The minimum atomic E-state index is 0. The van der Waals surface area contributed by atoms with E-state index in [1.165, 1.54) is 0 Å². The molecule has 44 valence electrons. The third kappa shape index (κ3) is 71.5. The molecule has 0 bridgehead atoms. The molecule has 0 saturated carbocycles. The first-order chi connectivity index (χ1) is 3.00. The van der Waals surface area contributed by atoms with Crippen LogP contribution in [0, 0.1) is 0 Å². The third-order valence-electron chi connectivity index (χ3n) is 0. The first-order valence-electron chi connectivity index (χ1n) is 0.463. The maximum atomic E-state index is 7.72. The largest absolute Gasteiger partial charge is 2.00 e. The van der Waals surface area contributed by atoms with Crippen molar-refractivity contribution in [3.63, 3.8) is 0 Å². The van der Waals surface area contributed by atoms with Crippen molar-refractivity contribution in [3.05, 3.63) is 0 Å². The summed E-state index contributed by atoms with van der Waals surface area (Å²) in [4.78, 5) is 0. The molecule has 3 nitrogen and oxygen atoms in total. The van der Waals surface area contributed by atoms with Crippen molar-refractivity contribution in [2.45, 2.75) is 0 Å². The van der Waals surface area contributed by atoms with Gasteiger partial charge in [-0.2, -0.15) is 0 Å². The molecule has 0 spiro atoms. The maximum absolute atomic E-state index is 7.72. The predicted molar refractivity (Wildman–Crippen MR) is 23.3 cm³/mol. The standard InChI is InChI=1S/3ClO.Na.Pb/c3*1-2;;/q3*-1;+1;+2. The summed E-state index contributed by atoms with van der Waals surface area (Å²) in [6.45, 7) is 0. The summed E-state index contributed by atoms with van der Waals surface area (Å²) in [5.74, 6) is 0. The van der Waals surface area contributed by atoms with E-state index in [4.69, 9.17) is 14.0 Å². The van der Waals surface area contributed by atoms with Crippen molar-refractivity contribution in [2.24, 2.45) is 0 Å². The Morgan fingerprint density at radius 1 is 0.625 bits per heavy atom. The van der Waals surface area contributed by atoms with E-state index in [2.05, 4.69) is 35.6 Å². The molecule has 0 fully saturated rings. The Kier molecular flexibility index (Phi) is 395. The Bertz CT molecular complexity index is 14.5. The van der Waals surface area contributed by atoms with Gasteiger partial charge in [0.15, 0.2) is 0 Å². The second-order valence-corrected chi connectivity index (χ2v) is 0. The molecular weight excluding hydrogens is 385 g/mol. The molecule has 0 aliphatic rings.